The van der Waals surface area contributed by atoms with Crippen LogP contribution < -0.4 is 10.3 Å². The largest absolute Gasteiger partial charge is 0.497 e. The summed E-state index contributed by atoms with van der Waals surface area (Å²) in [7, 11) is 1.60. The second-order valence-electron chi connectivity index (χ2n) is 3.63. The molecule has 0 atom stereocenters. The van der Waals surface area contributed by atoms with Crippen molar-refractivity contribution in [3.8, 4) is 5.75 Å². The molecule has 1 heterocycles. The van der Waals surface area contributed by atoms with Gasteiger partial charge in [-0.05, 0) is 17.7 Å². The van der Waals surface area contributed by atoms with Crippen molar-refractivity contribution in [2.24, 2.45) is 0 Å². The second kappa shape index (κ2) is 5.42. The topological polar surface area (TPSA) is 44.1 Å². The second-order valence-corrected chi connectivity index (χ2v) is 4.37. The average Bonchev–Trinajstić information content (AvgIpc) is 2.40. The van der Waals surface area contributed by atoms with Gasteiger partial charge in [0.25, 0.3) is 5.56 Å². The molecule has 4 nitrogen and oxygen atoms in total. The fourth-order valence-corrected chi connectivity index (χ4v) is 1.77. The number of hydrogen-bond donors (Lipinski definition) is 0. The van der Waals surface area contributed by atoms with Gasteiger partial charge in [0.15, 0.2) is 5.15 Å². The van der Waals surface area contributed by atoms with E-state index >= 15 is 0 Å². The van der Waals surface area contributed by atoms with Crippen LogP contribution in [0.1, 0.15) is 5.56 Å². The molecule has 94 valence electrons. The van der Waals surface area contributed by atoms with E-state index in [9.17, 15) is 4.79 Å². The van der Waals surface area contributed by atoms with E-state index in [1.54, 1.807) is 7.11 Å². The number of rotatable bonds is 3. The molecule has 0 aliphatic carbocycles. The van der Waals surface area contributed by atoms with Gasteiger partial charge in [-0.25, -0.2) is 4.98 Å². The molecule has 0 fully saturated rings. The van der Waals surface area contributed by atoms with Crippen molar-refractivity contribution < 1.29 is 4.74 Å². The highest BCUT2D eigenvalue weighted by molar-refractivity contribution is 6.40. The number of benzene rings is 1. The van der Waals surface area contributed by atoms with Crippen molar-refractivity contribution in [2.45, 2.75) is 6.54 Å². The summed E-state index contributed by atoms with van der Waals surface area (Å²) in [6.45, 7) is 0.382. The van der Waals surface area contributed by atoms with Gasteiger partial charge in [0, 0.05) is 0 Å². The van der Waals surface area contributed by atoms with Gasteiger partial charge in [-0.2, -0.15) is 0 Å². The summed E-state index contributed by atoms with van der Waals surface area (Å²) < 4.78 is 6.46. The smallest absolute Gasteiger partial charge is 0.273 e. The van der Waals surface area contributed by atoms with E-state index in [4.69, 9.17) is 27.9 Å². The molecule has 6 heteroatoms. The maximum Gasteiger partial charge on any atom is 0.273 e. The number of ether oxygens (including phenoxy) is 1. The molecule has 1 aromatic carbocycles. The van der Waals surface area contributed by atoms with Gasteiger partial charge in [-0.1, -0.05) is 35.3 Å². The molecule has 0 radical (unpaired) electrons. The fraction of sp³-hybridized carbons (Fsp3) is 0.167. The summed E-state index contributed by atoms with van der Waals surface area (Å²) in [5.41, 5.74) is 0.588. The highest BCUT2D eigenvalue weighted by atomic mass is 35.5. The Morgan fingerprint density at radius 1 is 1.28 bits per heavy atom. The van der Waals surface area contributed by atoms with Crippen LogP contribution in [-0.2, 0) is 6.54 Å². The first-order chi connectivity index (χ1) is 8.61. The van der Waals surface area contributed by atoms with E-state index in [-0.39, 0.29) is 15.7 Å². The molecule has 0 N–H and O–H groups in total. The van der Waals surface area contributed by atoms with Gasteiger partial charge in [0.2, 0.25) is 0 Å². The normalized spacial score (nSPS) is 10.4. The SMILES string of the molecule is COc1ccc(Cn2cnc(Cl)c(Cl)c2=O)cc1. The van der Waals surface area contributed by atoms with Gasteiger partial charge in [0.05, 0.1) is 20.0 Å². The van der Waals surface area contributed by atoms with E-state index in [1.807, 2.05) is 24.3 Å². The lowest BCUT2D eigenvalue weighted by Gasteiger charge is -2.07. The van der Waals surface area contributed by atoms with Crippen LogP contribution >= 0.6 is 23.2 Å². The van der Waals surface area contributed by atoms with E-state index in [2.05, 4.69) is 4.98 Å². The molecule has 0 aliphatic heterocycles. The monoisotopic (exact) mass is 284 g/mol. The maximum absolute atomic E-state index is 11.8. The predicted molar refractivity (Wildman–Crippen MR) is 70.6 cm³/mol. The van der Waals surface area contributed by atoms with Gasteiger partial charge in [0.1, 0.15) is 10.8 Å². The molecule has 0 spiro atoms. The van der Waals surface area contributed by atoms with Crippen molar-refractivity contribution in [1.29, 1.82) is 0 Å². The standard InChI is InChI=1S/C12H10Cl2N2O2/c1-18-9-4-2-8(3-5-9)6-16-7-15-11(14)10(13)12(16)17/h2-5,7H,6H2,1H3. The molecule has 0 aliphatic rings. The van der Waals surface area contributed by atoms with Gasteiger partial charge < -0.3 is 4.74 Å². The molecule has 0 saturated heterocycles. The quantitative estimate of drug-likeness (QED) is 0.814. The molecule has 0 amide bonds. The van der Waals surface area contributed by atoms with E-state index in [0.717, 1.165) is 11.3 Å². The average molecular weight is 285 g/mol. The first-order valence-corrected chi connectivity index (χ1v) is 5.91. The summed E-state index contributed by atoms with van der Waals surface area (Å²) in [4.78, 5) is 15.6. The Morgan fingerprint density at radius 2 is 1.94 bits per heavy atom. The lowest BCUT2D eigenvalue weighted by Crippen LogP contribution is -2.21. The number of hydrogen-bond acceptors (Lipinski definition) is 3. The Morgan fingerprint density at radius 3 is 2.56 bits per heavy atom. The number of nitrogens with zero attached hydrogens (tertiary/aromatic N) is 2. The molecule has 1 aromatic heterocycles. The Balaban J connectivity index is 2.28. The lowest BCUT2D eigenvalue weighted by atomic mass is 10.2. The highest BCUT2D eigenvalue weighted by Crippen LogP contribution is 2.14. The van der Waals surface area contributed by atoms with Crippen LogP contribution in [0.5, 0.6) is 5.75 Å². The zero-order valence-corrected chi connectivity index (χ0v) is 11.1. The molecule has 18 heavy (non-hydrogen) atoms. The molecular weight excluding hydrogens is 275 g/mol. The summed E-state index contributed by atoms with van der Waals surface area (Å²) in [5, 5.41) is -0.0414. The number of aromatic nitrogens is 2. The summed E-state index contributed by atoms with van der Waals surface area (Å²) in [5.74, 6) is 0.762. The molecule has 2 rings (SSSR count). The predicted octanol–water partition coefficient (Wildman–Crippen LogP) is 2.61. The van der Waals surface area contributed by atoms with E-state index < -0.39 is 0 Å². The molecular formula is C12H10Cl2N2O2. The zero-order valence-electron chi connectivity index (χ0n) is 9.56. The van der Waals surface area contributed by atoms with Crippen LogP contribution in [0.25, 0.3) is 0 Å². The summed E-state index contributed by atoms with van der Waals surface area (Å²) in [6.07, 6.45) is 1.38. The van der Waals surface area contributed by atoms with E-state index in [1.165, 1.54) is 10.9 Å². The Hall–Kier alpha value is -1.52. The minimum atomic E-state index is -0.354. The first kappa shape index (κ1) is 12.9. The van der Waals surface area contributed by atoms with Crippen LogP contribution in [0.2, 0.25) is 10.2 Å². The molecule has 0 bridgehead atoms. The molecule has 0 saturated carbocycles. The van der Waals surface area contributed by atoms with Gasteiger partial charge >= 0.3 is 0 Å². The van der Waals surface area contributed by atoms with Crippen molar-refractivity contribution >= 4 is 23.2 Å². The third-order valence-electron chi connectivity index (χ3n) is 2.45. The van der Waals surface area contributed by atoms with E-state index in [0.29, 0.717) is 6.54 Å². The molecule has 0 unspecified atom stereocenters. The fourth-order valence-electron chi connectivity index (χ4n) is 1.48. The zero-order chi connectivity index (χ0) is 13.1. The van der Waals surface area contributed by atoms with Crippen LogP contribution in [0.3, 0.4) is 0 Å². The summed E-state index contributed by atoms with van der Waals surface area (Å²) >= 11 is 11.4. The number of methoxy groups -OCH3 is 1. The lowest BCUT2D eigenvalue weighted by molar-refractivity contribution is 0.414. The van der Waals surface area contributed by atoms with Crippen LogP contribution in [0, 0.1) is 0 Å². The highest BCUT2D eigenvalue weighted by Gasteiger charge is 2.07. The Kier molecular flexibility index (Phi) is 3.89. The third-order valence-corrected chi connectivity index (χ3v) is 3.18. The van der Waals surface area contributed by atoms with Gasteiger partial charge in [-0.3, -0.25) is 9.36 Å². The van der Waals surface area contributed by atoms with Crippen molar-refractivity contribution in [1.82, 2.24) is 9.55 Å². The van der Waals surface area contributed by atoms with Crippen LogP contribution in [0.15, 0.2) is 35.4 Å². The minimum absolute atomic E-state index is 0.0210. The first-order valence-electron chi connectivity index (χ1n) is 5.15. The number of halogens is 2. The van der Waals surface area contributed by atoms with Gasteiger partial charge in [-0.15, -0.1) is 0 Å². The third kappa shape index (κ3) is 2.66. The van der Waals surface area contributed by atoms with Crippen molar-refractivity contribution in [2.75, 3.05) is 7.11 Å². The van der Waals surface area contributed by atoms with Crippen molar-refractivity contribution in [3.05, 3.63) is 56.7 Å². The minimum Gasteiger partial charge on any atom is -0.497 e. The van der Waals surface area contributed by atoms with Crippen molar-refractivity contribution in [3.63, 3.8) is 0 Å². The van der Waals surface area contributed by atoms with Crippen LogP contribution in [-0.4, -0.2) is 16.7 Å². The Bertz CT molecular complexity index is 608. The maximum atomic E-state index is 11.8. The molecule has 2 aromatic rings. The Labute approximate surface area is 114 Å². The summed E-state index contributed by atoms with van der Waals surface area (Å²) in [6, 6.07) is 7.39. The van der Waals surface area contributed by atoms with Crippen LogP contribution in [0.4, 0.5) is 0 Å².